The summed E-state index contributed by atoms with van der Waals surface area (Å²) >= 11 is 12.6. The summed E-state index contributed by atoms with van der Waals surface area (Å²) in [6.07, 6.45) is 12.0. The third-order valence-corrected chi connectivity index (χ3v) is 9.44. The molecule has 5 fully saturated rings. The molecule has 0 saturated heterocycles. The van der Waals surface area contributed by atoms with E-state index in [4.69, 9.17) is 28.3 Å². The molecule has 0 atom stereocenters. The Morgan fingerprint density at radius 3 is 2.42 bits per heavy atom. The van der Waals surface area contributed by atoms with Crippen LogP contribution in [0.2, 0.25) is 10.0 Å². The van der Waals surface area contributed by atoms with E-state index in [2.05, 4.69) is 5.32 Å². The summed E-state index contributed by atoms with van der Waals surface area (Å²) in [6, 6.07) is 5.44. The van der Waals surface area contributed by atoms with Gasteiger partial charge in [0.05, 0.1) is 16.4 Å². The number of benzene rings is 1. The minimum atomic E-state index is -0.0664. The molecule has 33 heavy (non-hydrogen) atoms. The molecule has 1 aromatic heterocycles. The predicted octanol–water partition coefficient (Wildman–Crippen LogP) is 6.95. The van der Waals surface area contributed by atoms with Crippen LogP contribution in [0.5, 0.6) is 0 Å². The Labute approximate surface area is 206 Å². The first-order chi connectivity index (χ1) is 16.0. The number of nitrogens with zero attached hydrogens (tertiary/aromatic N) is 2. The second-order valence-electron chi connectivity index (χ2n) is 11.1. The first kappa shape index (κ1) is 22.0. The van der Waals surface area contributed by atoms with Crippen LogP contribution in [0.3, 0.4) is 0 Å². The molecule has 5 aliphatic carbocycles. The Morgan fingerprint density at radius 2 is 1.79 bits per heavy atom. The van der Waals surface area contributed by atoms with Crippen LogP contribution in [0.15, 0.2) is 18.2 Å². The van der Waals surface area contributed by atoms with Gasteiger partial charge in [-0.05, 0) is 112 Å². The molecular weight excluding hydrogens is 453 g/mol. The summed E-state index contributed by atoms with van der Waals surface area (Å²) in [4.78, 5) is 13.1. The summed E-state index contributed by atoms with van der Waals surface area (Å²) in [5, 5.41) is 9.05. The first-order valence-electron chi connectivity index (χ1n) is 12.8. The summed E-state index contributed by atoms with van der Waals surface area (Å²) in [7, 11) is 0. The average molecular weight is 486 g/mol. The van der Waals surface area contributed by atoms with Crippen molar-refractivity contribution in [2.45, 2.75) is 70.6 Å². The normalized spacial score (nSPS) is 30.1. The van der Waals surface area contributed by atoms with Gasteiger partial charge < -0.3 is 5.32 Å². The Balaban J connectivity index is 1.12. The fraction of sp³-hybridized carbons (Fsp3) is 0.630. The summed E-state index contributed by atoms with van der Waals surface area (Å²) in [6.45, 7) is 2.75. The molecule has 2 aromatic rings. The molecule has 1 heterocycles. The topological polar surface area (TPSA) is 46.9 Å². The van der Waals surface area contributed by atoms with E-state index in [-0.39, 0.29) is 5.91 Å². The molecule has 0 unspecified atom stereocenters. The molecule has 5 saturated carbocycles. The number of amides is 1. The van der Waals surface area contributed by atoms with Gasteiger partial charge in [0.25, 0.3) is 5.91 Å². The number of halogens is 2. The zero-order valence-electron chi connectivity index (χ0n) is 19.3. The molecule has 5 aliphatic rings. The number of aromatic nitrogens is 2. The molecule has 4 nitrogen and oxygen atoms in total. The van der Waals surface area contributed by atoms with Gasteiger partial charge in [0, 0.05) is 23.0 Å². The number of nitrogens with one attached hydrogen (secondary N) is 1. The molecular formula is C27H33Cl2N3O. The van der Waals surface area contributed by atoms with Gasteiger partial charge in [0.1, 0.15) is 0 Å². The van der Waals surface area contributed by atoms with E-state index in [9.17, 15) is 4.79 Å². The maximum atomic E-state index is 13.1. The largest absolute Gasteiger partial charge is 0.351 e. The highest BCUT2D eigenvalue weighted by atomic mass is 35.5. The quantitative estimate of drug-likeness (QED) is 0.431. The molecule has 0 spiro atoms. The molecule has 0 radical (unpaired) electrons. The van der Waals surface area contributed by atoms with Crippen LogP contribution in [0.4, 0.5) is 0 Å². The highest BCUT2D eigenvalue weighted by molar-refractivity contribution is 6.35. The average Bonchev–Trinajstić information content (AvgIpc) is 3.54. The third-order valence-electron chi connectivity index (χ3n) is 8.91. The standard InChI is InChI=1S/C27H33Cl2N3O/c1-15-25(31-32(26(15)18-4-5-18)24-7-6-21(28)14-23(24)29)27(33)30-8-2-3-22-19-10-16-9-17(12-19)13-20(22)11-16/h6-7,14,16-20,22H,2-5,8-13H2,1H3,(H,30,33). The van der Waals surface area contributed by atoms with Crippen molar-refractivity contribution in [1.29, 1.82) is 0 Å². The van der Waals surface area contributed by atoms with Crippen molar-refractivity contribution in [2.24, 2.45) is 29.6 Å². The van der Waals surface area contributed by atoms with Crippen LogP contribution in [-0.2, 0) is 0 Å². The summed E-state index contributed by atoms with van der Waals surface area (Å²) in [5.74, 6) is 5.24. The molecule has 176 valence electrons. The molecule has 7 rings (SSSR count). The lowest BCUT2D eigenvalue weighted by Crippen LogP contribution is -2.45. The number of rotatable bonds is 7. The van der Waals surface area contributed by atoms with Crippen molar-refractivity contribution in [1.82, 2.24) is 15.1 Å². The Hall–Kier alpha value is -1.52. The minimum absolute atomic E-state index is 0.0664. The number of hydrogen-bond acceptors (Lipinski definition) is 2. The van der Waals surface area contributed by atoms with Crippen LogP contribution in [0, 0.1) is 36.5 Å². The van der Waals surface area contributed by atoms with Crippen molar-refractivity contribution in [3.05, 3.63) is 45.2 Å². The van der Waals surface area contributed by atoms with E-state index in [1.54, 1.807) is 6.07 Å². The second kappa shape index (κ2) is 8.61. The molecule has 6 heteroatoms. The fourth-order valence-electron chi connectivity index (χ4n) is 7.53. The van der Waals surface area contributed by atoms with Gasteiger partial charge in [0.2, 0.25) is 0 Å². The van der Waals surface area contributed by atoms with E-state index in [1.165, 1.54) is 38.5 Å². The van der Waals surface area contributed by atoms with Gasteiger partial charge >= 0.3 is 0 Å². The van der Waals surface area contributed by atoms with E-state index in [0.717, 1.165) is 72.3 Å². The van der Waals surface area contributed by atoms with Crippen molar-refractivity contribution < 1.29 is 4.79 Å². The van der Waals surface area contributed by atoms with E-state index < -0.39 is 0 Å². The van der Waals surface area contributed by atoms with Crippen LogP contribution in [0.25, 0.3) is 5.69 Å². The van der Waals surface area contributed by atoms with Crippen molar-refractivity contribution in [3.8, 4) is 5.69 Å². The second-order valence-corrected chi connectivity index (χ2v) is 12.0. The Bertz CT molecular complexity index is 1050. The van der Waals surface area contributed by atoms with Crippen LogP contribution < -0.4 is 5.32 Å². The SMILES string of the molecule is Cc1c(C(=O)NCCCC2C3CC4CC(C3)CC2C4)nn(-c2ccc(Cl)cc2Cl)c1C1CC1. The van der Waals surface area contributed by atoms with Crippen LogP contribution in [0.1, 0.15) is 85.5 Å². The van der Waals surface area contributed by atoms with E-state index in [0.29, 0.717) is 21.7 Å². The number of carbonyl (C=O) groups is 1. The smallest absolute Gasteiger partial charge is 0.272 e. The van der Waals surface area contributed by atoms with E-state index >= 15 is 0 Å². The Kier molecular flexibility index (Phi) is 5.73. The molecule has 4 bridgehead atoms. The molecule has 1 N–H and O–H groups in total. The third kappa shape index (κ3) is 4.12. The zero-order chi connectivity index (χ0) is 22.7. The van der Waals surface area contributed by atoms with Gasteiger partial charge in [-0.2, -0.15) is 5.10 Å². The van der Waals surface area contributed by atoms with Crippen molar-refractivity contribution >= 4 is 29.1 Å². The van der Waals surface area contributed by atoms with Crippen LogP contribution >= 0.6 is 23.2 Å². The lowest BCUT2D eigenvalue weighted by atomic mass is 9.51. The highest BCUT2D eigenvalue weighted by Crippen LogP contribution is 2.57. The molecule has 1 amide bonds. The maximum absolute atomic E-state index is 13.1. The minimum Gasteiger partial charge on any atom is -0.351 e. The van der Waals surface area contributed by atoms with Gasteiger partial charge in [-0.25, -0.2) is 4.68 Å². The van der Waals surface area contributed by atoms with Crippen molar-refractivity contribution in [3.63, 3.8) is 0 Å². The highest BCUT2D eigenvalue weighted by Gasteiger charge is 2.47. The molecule has 0 aliphatic heterocycles. The lowest BCUT2D eigenvalue weighted by Gasteiger charge is -2.54. The monoisotopic (exact) mass is 485 g/mol. The van der Waals surface area contributed by atoms with Crippen molar-refractivity contribution in [2.75, 3.05) is 6.54 Å². The van der Waals surface area contributed by atoms with Gasteiger partial charge in [-0.1, -0.05) is 23.2 Å². The van der Waals surface area contributed by atoms with Gasteiger partial charge in [-0.15, -0.1) is 0 Å². The zero-order valence-corrected chi connectivity index (χ0v) is 20.8. The lowest BCUT2D eigenvalue weighted by molar-refractivity contribution is -0.0401. The van der Waals surface area contributed by atoms with E-state index in [1.807, 2.05) is 23.7 Å². The Morgan fingerprint density at radius 1 is 1.09 bits per heavy atom. The summed E-state index contributed by atoms with van der Waals surface area (Å²) < 4.78 is 1.87. The van der Waals surface area contributed by atoms with Crippen LogP contribution in [-0.4, -0.2) is 22.2 Å². The molecule has 1 aromatic carbocycles. The first-order valence-corrected chi connectivity index (χ1v) is 13.6. The number of carbonyl (C=O) groups excluding carboxylic acids is 1. The summed E-state index contributed by atoms with van der Waals surface area (Å²) in [5.41, 5.74) is 3.39. The predicted molar refractivity (Wildman–Crippen MR) is 132 cm³/mol. The maximum Gasteiger partial charge on any atom is 0.272 e. The fourth-order valence-corrected chi connectivity index (χ4v) is 8.02. The van der Waals surface area contributed by atoms with Gasteiger partial charge in [-0.3, -0.25) is 4.79 Å². The number of hydrogen-bond donors (Lipinski definition) is 1. The van der Waals surface area contributed by atoms with Gasteiger partial charge in [0.15, 0.2) is 5.69 Å².